The molecule has 7 heteroatoms. The molecule has 2 saturated heterocycles. The molecular formula is C19H32Cl2N4O. The van der Waals surface area contributed by atoms with Gasteiger partial charge in [-0.05, 0) is 45.0 Å². The topological polar surface area (TPSA) is 38.8 Å². The minimum Gasteiger partial charge on any atom is -0.369 e. The minimum atomic E-state index is 0. The first-order valence-corrected chi connectivity index (χ1v) is 9.16. The molecule has 1 amide bonds. The number of halogens is 2. The van der Waals surface area contributed by atoms with E-state index in [0.717, 1.165) is 51.4 Å². The Morgan fingerprint density at radius 1 is 1.04 bits per heavy atom. The van der Waals surface area contributed by atoms with Crippen molar-refractivity contribution in [3.05, 3.63) is 29.8 Å². The Morgan fingerprint density at radius 3 is 2.19 bits per heavy atom. The summed E-state index contributed by atoms with van der Waals surface area (Å²) in [6.45, 7) is 13.4. The van der Waals surface area contributed by atoms with Crippen LogP contribution in [0.3, 0.4) is 0 Å². The zero-order valence-electron chi connectivity index (χ0n) is 16.0. The van der Waals surface area contributed by atoms with Crippen LogP contribution in [0.15, 0.2) is 24.3 Å². The average Bonchev–Trinajstić information content (AvgIpc) is 2.61. The first-order valence-electron chi connectivity index (χ1n) is 9.16. The van der Waals surface area contributed by atoms with Gasteiger partial charge in [0.1, 0.15) is 0 Å². The molecule has 26 heavy (non-hydrogen) atoms. The molecule has 1 unspecified atom stereocenters. The zero-order chi connectivity index (χ0) is 17.1. The molecule has 2 heterocycles. The number of hydrogen-bond acceptors (Lipinski definition) is 4. The lowest BCUT2D eigenvalue weighted by molar-refractivity contribution is 0.0709. The molecule has 2 fully saturated rings. The largest absolute Gasteiger partial charge is 0.369 e. The molecule has 0 bridgehead atoms. The van der Waals surface area contributed by atoms with Crippen LogP contribution in [0.1, 0.15) is 31.1 Å². The summed E-state index contributed by atoms with van der Waals surface area (Å²) in [4.78, 5) is 19.5. The van der Waals surface area contributed by atoms with Crippen molar-refractivity contribution in [3.63, 3.8) is 0 Å². The van der Waals surface area contributed by atoms with Crippen LogP contribution < -0.4 is 10.2 Å². The van der Waals surface area contributed by atoms with Gasteiger partial charge in [-0.15, -0.1) is 24.8 Å². The second-order valence-electron chi connectivity index (χ2n) is 7.27. The second-order valence-corrected chi connectivity index (χ2v) is 7.27. The normalized spacial score (nSPS) is 21.2. The summed E-state index contributed by atoms with van der Waals surface area (Å²) in [5.74, 6) is 0.152. The number of nitrogens with one attached hydrogen (secondary N) is 1. The number of piperazine rings is 2. The van der Waals surface area contributed by atoms with E-state index in [4.69, 9.17) is 0 Å². The number of carbonyl (C=O) groups excluding carboxylic acids is 1. The zero-order valence-corrected chi connectivity index (χ0v) is 17.6. The molecule has 2 aliphatic rings. The number of amides is 1. The first kappa shape index (κ1) is 23.0. The molecule has 1 aromatic carbocycles. The van der Waals surface area contributed by atoms with Gasteiger partial charge in [0.05, 0.1) is 0 Å². The second kappa shape index (κ2) is 10.4. The van der Waals surface area contributed by atoms with E-state index in [0.29, 0.717) is 12.1 Å². The van der Waals surface area contributed by atoms with E-state index in [1.807, 2.05) is 17.0 Å². The molecule has 0 aliphatic carbocycles. The van der Waals surface area contributed by atoms with Gasteiger partial charge in [-0.25, -0.2) is 0 Å². The SMILES string of the molecule is CC1CN(C(=O)c2ccc(N3CCN(C(C)C)CC3)cc2)CCN1.Cl.Cl. The summed E-state index contributed by atoms with van der Waals surface area (Å²) in [7, 11) is 0. The van der Waals surface area contributed by atoms with Gasteiger partial charge in [-0.3, -0.25) is 9.69 Å². The van der Waals surface area contributed by atoms with Crippen molar-refractivity contribution in [1.29, 1.82) is 0 Å². The van der Waals surface area contributed by atoms with Crippen molar-refractivity contribution in [3.8, 4) is 0 Å². The molecule has 0 saturated carbocycles. The highest BCUT2D eigenvalue weighted by atomic mass is 35.5. The van der Waals surface area contributed by atoms with Crippen molar-refractivity contribution >= 4 is 36.4 Å². The van der Waals surface area contributed by atoms with Gasteiger partial charge in [-0.1, -0.05) is 0 Å². The van der Waals surface area contributed by atoms with Gasteiger partial charge in [0.25, 0.3) is 5.91 Å². The molecule has 1 N–H and O–H groups in total. The van der Waals surface area contributed by atoms with Crippen molar-refractivity contribution in [2.75, 3.05) is 50.7 Å². The maximum atomic E-state index is 12.6. The highest BCUT2D eigenvalue weighted by Crippen LogP contribution is 2.19. The fourth-order valence-corrected chi connectivity index (χ4v) is 3.61. The van der Waals surface area contributed by atoms with Gasteiger partial charge in [-0.2, -0.15) is 0 Å². The van der Waals surface area contributed by atoms with E-state index in [1.54, 1.807) is 0 Å². The Hall–Kier alpha value is -1.01. The number of benzene rings is 1. The minimum absolute atomic E-state index is 0. The van der Waals surface area contributed by atoms with Gasteiger partial charge in [0.15, 0.2) is 0 Å². The highest BCUT2D eigenvalue weighted by molar-refractivity contribution is 5.94. The Morgan fingerprint density at radius 2 is 1.65 bits per heavy atom. The Kier molecular flexibility index (Phi) is 9.17. The molecule has 0 radical (unpaired) electrons. The molecule has 2 aliphatic heterocycles. The Bertz CT molecular complexity index is 559. The fourth-order valence-electron chi connectivity index (χ4n) is 3.61. The lowest BCUT2D eigenvalue weighted by Gasteiger charge is -2.38. The quantitative estimate of drug-likeness (QED) is 0.842. The van der Waals surface area contributed by atoms with Gasteiger partial charge >= 0.3 is 0 Å². The third-order valence-corrected chi connectivity index (χ3v) is 5.18. The van der Waals surface area contributed by atoms with E-state index in [9.17, 15) is 4.79 Å². The standard InChI is InChI=1S/C19H30N4O.2ClH/c1-15(2)21-10-12-22(13-11-21)18-6-4-17(5-7-18)19(24)23-9-8-20-16(3)14-23;;/h4-7,15-16,20H,8-14H2,1-3H3;2*1H. The fraction of sp³-hybridized carbons (Fsp3) is 0.632. The maximum absolute atomic E-state index is 12.6. The summed E-state index contributed by atoms with van der Waals surface area (Å²) in [5.41, 5.74) is 2.03. The lowest BCUT2D eigenvalue weighted by atomic mass is 10.1. The van der Waals surface area contributed by atoms with Crippen molar-refractivity contribution < 1.29 is 4.79 Å². The molecule has 5 nitrogen and oxygen atoms in total. The maximum Gasteiger partial charge on any atom is 0.253 e. The molecule has 148 valence electrons. The number of nitrogens with zero attached hydrogens (tertiary/aromatic N) is 3. The van der Waals surface area contributed by atoms with Crippen molar-refractivity contribution in [1.82, 2.24) is 15.1 Å². The number of anilines is 1. The van der Waals surface area contributed by atoms with Crippen LogP contribution in [-0.4, -0.2) is 73.6 Å². The lowest BCUT2D eigenvalue weighted by Crippen LogP contribution is -2.51. The highest BCUT2D eigenvalue weighted by Gasteiger charge is 2.22. The molecule has 3 rings (SSSR count). The number of rotatable bonds is 3. The summed E-state index contributed by atoms with van der Waals surface area (Å²) in [5, 5.41) is 3.38. The van der Waals surface area contributed by atoms with E-state index in [1.165, 1.54) is 5.69 Å². The van der Waals surface area contributed by atoms with E-state index in [2.05, 4.69) is 48.0 Å². The average molecular weight is 403 g/mol. The van der Waals surface area contributed by atoms with Gasteiger partial charge < -0.3 is 15.1 Å². The van der Waals surface area contributed by atoms with Crippen LogP contribution in [-0.2, 0) is 0 Å². The monoisotopic (exact) mass is 402 g/mol. The van der Waals surface area contributed by atoms with Crippen molar-refractivity contribution in [2.24, 2.45) is 0 Å². The van der Waals surface area contributed by atoms with Crippen LogP contribution in [0.25, 0.3) is 0 Å². The molecule has 1 aromatic rings. The van der Waals surface area contributed by atoms with Crippen LogP contribution in [0.4, 0.5) is 5.69 Å². The summed E-state index contributed by atoms with van der Waals surface area (Å²) < 4.78 is 0. The van der Waals surface area contributed by atoms with E-state index in [-0.39, 0.29) is 30.7 Å². The summed E-state index contributed by atoms with van der Waals surface area (Å²) >= 11 is 0. The Labute approximate surface area is 169 Å². The summed E-state index contributed by atoms with van der Waals surface area (Å²) in [6.07, 6.45) is 0. The van der Waals surface area contributed by atoms with Gasteiger partial charge in [0, 0.05) is 69.1 Å². The number of carbonyl (C=O) groups is 1. The van der Waals surface area contributed by atoms with Crippen LogP contribution in [0.5, 0.6) is 0 Å². The van der Waals surface area contributed by atoms with E-state index >= 15 is 0 Å². The van der Waals surface area contributed by atoms with Crippen LogP contribution in [0.2, 0.25) is 0 Å². The van der Waals surface area contributed by atoms with E-state index < -0.39 is 0 Å². The predicted molar refractivity (Wildman–Crippen MR) is 113 cm³/mol. The summed E-state index contributed by atoms with van der Waals surface area (Å²) in [6, 6.07) is 9.17. The van der Waals surface area contributed by atoms with Crippen molar-refractivity contribution in [2.45, 2.75) is 32.9 Å². The molecular weight excluding hydrogens is 371 g/mol. The first-order chi connectivity index (χ1) is 11.5. The van der Waals surface area contributed by atoms with Crippen LogP contribution in [0, 0.1) is 0 Å². The predicted octanol–water partition coefficient (Wildman–Crippen LogP) is 2.49. The Balaban J connectivity index is 0.00000169. The third kappa shape index (κ3) is 5.49. The van der Waals surface area contributed by atoms with Gasteiger partial charge in [0.2, 0.25) is 0 Å². The molecule has 1 atom stereocenters. The molecule has 0 aromatic heterocycles. The smallest absolute Gasteiger partial charge is 0.253 e. The molecule has 0 spiro atoms. The number of hydrogen-bond donors (Lipinski definition) is 1. The third-order valence-electron chi connectivity index (χ3n) is 5.18. The van der Waals surface area contributed by atoms with Crippen LogP contribution >= 0.6 is 24.8 Å².